The molecule has 3 aromatic rings. The molecule has 11 nitrogen and oxygen atoms in total. The monoisotopic (exact) mass is 754 g/mol. The number of ether oxygens (including phenoxy) is 2. The summed E-state index contributed by atoms with van der Waals surface area (Å²) >= 11 is 0. The van der Waals surface area contributed by atoms with Gasteiger partial charge in [-0.3, -0.25) is 29.3 Å². The maximum Gasteiger partial charge on any atom is 0.414 e. The van der Waals surface area contributed by atoms with Gasteiger partial charge in [0.05, 0.1) is 19.2 Å². The largest absolute Gasteiger partial charge is 0.460 e. The van der Waals surface area contributed by atoms with Crippen molar-refractivity contribution in [2.75, 3.05) is 30.0 Å². The first-order valence-corrected chi connectivity index (χ1v) is 21.5. The molecular weight excluding hydrogens is 696 g/mol. The molecule has 0 aliphatic carbocycles. The summed E-state index contributed by atoms with van der Waals surface area (Å²) in [5, 5.41) is 2.60. The Morgan fingerprint density at radius 1 is 1.02 bits per heavy atom. The fraction of sp³-hybridized carbons (Fsp3) is 0.625. The summed E-state index contributed by atoms with van der Waals surface area (Å²) in [6, 6.07) is 3.60. The van der Waals surface area contributed by atoms with E-state index >= 15 is 0 Å². The number of halogens is 1. The van der Waals surface area contributed by atoms with Crippen molar-refractivity contribution in [3.8, 4) is 0 Å². The molecule has 1 fully saturated rings. The molecule has 0 spiro atoms. The minimum Gasteiger partial charge on any atom is -0.460 e. The maximum atomic E-state index is 14.3. The number of nitrogens with one attached hydrogen (secondary N) is 1. The molecule has 13 heteroatoms. The Hall–Kier alpha value is -3.84. The van der Waals surface area contributed by atoms with Gasteiger partial charge < -0.3 is 23.2 Å². The van der Waals surface area contributed by atoms with Crippen LogP contribution in [0.4, 0.5) is 20.8 Å². The minimum absolute atomic E-state index is 0.0157. The SMILES string of the molecule is C[C@H]1CN(c2ccncc2CC(=O)c2c(NC(=O)OC(C)(C)C)oc3cc(CCCF)cnc23)C[C@@H](CC(=O)OC(C)(C)C)[C@@H]1O[Si](C)(C)C(C)(C)C. The normalized spacial score (nSPS) is 18.6. The summed E-state index contributed by atoms with van der Waals surface area (Å²) in [5.74, 6) is -0.808. The van der Waals surface area contributed by atoms with Crippen LogP contribution in [-0.4, -0.2) is 73.2 Å². The van der Waals surface area contributed by atoms with Gasteiger partial charge in [0.2, 0.25) is 5.88 Å². The zero-order chi connectivity index (χ0) is 39.5. The molecular formula is C40H59FN4O7Si. The second kappa shape index (κ2) is 16.3. The van der Waals surface area contributed by atoms with Gasteiger partial charge in [-0.05, 0) is 96.1 Å². The Morgan fingerprint density at radius 3 is 2.32 bits per heavy atom. The van der Waals surface area contributed by atoms with E-state index in [9.17, 15) is 18.8 Å². The number of carbonyl (C=O) groups is 3. The van der Waals surface area contributed by atoms with Crippen LogP contribution in [0.1, 0.15) is 104 Å². The lowest BCUT2D eigenvalue weighted by atomic mass is 9.84. The van der Waals surface area contributed by atoms with Crippen molar-refractivity contribution in [3.05, 3.63) is 47.4 Å². The number of alkyl halides is 1. The van der Waals surface area contributed by atoms with Gasteiger partial charge in [0.15, 0.2) is 19.7 Å². The van der Waals surface area contributed by atoms with E-state index in [0.717, 1.165) is 11.3 Å². The zero-order valence-electron chi connectivity index (χ0n) is 33.6. The van der Waals surface area contributed by atoms with Gasteiger partial charge >= 0.3 is 12.1 Å². The summed E-state index contributed by atoms with van der Waals surface area (Å²) in [4.78, 5) is 51.6. The number of hydrogen-bond donors (Lipinski definition) is 1. The third-order valence-corrected chi connectivity index (χ3v) is 14.2. The molecule has 0 radical (unpaired) electrons. The van der Waals surface area contributed by atoms with Gasteiger partial charge in [-0.2, -0.15) is 0 Å². The van der Waals surface area contributed by atoms with E-state index in [2.05, 4.69) is 61.0 Å². The summed E-state index contributed by atoms with van der Waals surface area (Å²) in [6.45, 7) is 24.7. The Balaban J connectivity index is 1.68. The number of pyridine rings is 2. The average Bonchev–Trinajstić information content (AvgIpc) is 3.36. The molecule has 0 saturated carbocycles. The number of amides is 1. The molecule has 1 N–H and O–H groups in total. The van der Waals surface area contributed by atoms with E-state index in [1.54, 1.807) is 45.4 Å². The number of esters is 1. The van der Waals surface area contributed by atoms with Crippen LogP contribution in [0.15, 0.2) is 35.1 Å². The number of Topliss-reactive ketones (excluding diaryl/α,β-unsaturated/α-hetero) is 1. The average molecular weight is 755 g/mol. The van der Waals surface area contributed by atoms with Crippen LogP contribution in [0.3, 0.4) is 0 Å². The molecule has 0 aromatic carbocycles. The number of hydrogen-bond acceptors (Lipinski definition) is 10. The van der Waals surface area contributed by atoms with Crippen LogP contribution in [-0.2, 0) is 31.5 Å². The predicted molar refractivity (Wildman–Crippen MR) is 208 cm³/mol. The molecule has 53 heavy (non-hydrogen) atoms. The molecule has 1 aliphatic rings. The summed E-state index contributed by atoms with van der Waals surface area (Å²) in [6.07, 6.45) is 4.91. The molecule has 0 bridgehead atoms. The highest BCUT2D eigenvalue weighted by molar-refractivity contribution is 6.74. The van der Waals surface area contributed by atoms with Crippen LogP contribution >= 0.6 is 0 Å². The fourth-order valence-electron chi connectivity index (χ4n) is 6.38. The smallest absolute Gasteiger partial charge is 0.414 e. The number of furan rings is 1. The lowest BCUT2D eigenvalue weighted by molar-refractivity contribution is -0.157. The van der Waals surface area contributed by atoms with Crippen molar-refractivity contribution < 1.29 is 37.1 Å². The quantitative estimate of drug-likeness (QED) is 0.108. The predicted octanol–water partition coefficient (Wildman–Crippen LogP) is 9.09. The molecule has 4 heterocycles. The number of fused-ring (bicyclic) bond motifs is 1. The zero-order valence-corrected chi connectivity index (χ0v) is 34.6. The van der Waals surface area contributed by atoms with Crippen molar-refractivity contribution in [3.63, 3.8) is 0 Å². The van der Waals surface area contributed by atoms with Crippen molar-refractivity contribution in [1.82, 2.24) is 9.97 Å². The highest BCUT2D eigenvalue weighted by Crippen LogP contribution is 2.42. The summed E-state index contributed by atoms with van der Waals surface area (Å²) in [7, 11) is -2.20. The van der Waals surface area contributed by atoms with Crippen LogP contribution in [0.5, 0.6) is 0 Å². The van der Waals surface area contributed by atoms with Crippen LogP contribution in [0, 0.1) is 11.8 Å². The number of nitrogens with zero attached hydrogens (tertiary/aromatic N) is 3. The third-order valence-electron chi connectivity index (χ3n) is 9.72. The van der Waals surface area contributed by atoms with Gasteiger partial charge in [-0.15, -0.1) is 0 Å². The summed E-state index contributed by atoms with van der Waals surface area (Å²) < 4.78 is 37.2. The Bertz CT molecular complexity index is 1770. The highest BCUT2D eigenvalue weighted by Gasteiger charge is 2.45. The molecule has 292 valence electrons. The standard InChI is InChI=1S/C40H59FN4O7Si/c1-25-23-45(24-28(20-32(47)50-38(2,3)4)35(25)52-53(11,12)40(8,9)10)29-15-17-42-22-27(29)19-30(46)33-34-31(18-26(21-43-34)14-13-16-41)49-36(33)44-37(48)51-39(5,6)7/h15,17-18,21-22,25,28,35H,13-14,16,19-20,23-24H2,1-12H3,(H,44,48)/t25-,28+,35+/m0/s1. The van der Waals surface area contributed by atoms with Gasteiger partial charge in [-0.25, -0.2) is 4.79 Å². The van der Waals surface area contributed by atoms with E-state index in [1.807, 2.05) is 26.8 Å². The van der Waals surface area contributed by atoms with E-state index in [-0.39, 0.29) is 64.5 Å². The Labute approximate surface area is 314 Å². The first kappa shape index (κ1) is 41.9. The molecule has 0 unspecified atom stereocenters. The van der Waals surface area contributed by atoms with Crippen LogP contribution in [0.2, 0.25) is 18.1 Å². The first-order chi connectivity index (χ1) is 24.5. The van der Waals surface area contributed by atoms with E-state index in [4.69, 9.17) is 18.3 Å². The topological polar surface area (TPSA) is 133 Å². The van der Waals surface area contributed by atoms with Crippen LogP contribution in [0.25, 0.3) is 11.1 Å². The summed E-state index contributed by atoms with van der Waals surface area (Å²) in [5.41, 5.74) is 1.51. The van der Waals surface area contributed by atoms with Crippen molar-refractivity contribution >= 4 is 48.8 Å². The third kappa shape index (κ3) is 11.1. The van der Waals surface area contributed by atoms with Gasteiger partial charge in [0.1, 0.15) is 22.3 Å². The molecule has 1 saturated heterocycles. The first-order valence-electron chi connectivity index (χ1n) is 18.6. The number of carbonyl (C=O) groups excluding carboxylic acids is 3. The molecule has 3 aromatic heterocycles. The van der Waals surface area contributed by atoms with Gasteiger partial charge in [-0.1, -0.05) is 27.7 Å². The fourth-order valence-corrected chi connectivity index (χ4v) is 7.84. The van der Waals surface area contributed by atoms with Crippen molar-refractivity contribution in [2.24, 2.45) is 11.8 Å². The van der Waals surface area contributed by atoms with Crippen LogP contribution < -0.4 is 10.2 Å². The molecule has 3 atom stereocenters. The Kier molecular flexibility index (Phi) is 12.9. The number of rotatable bonds is 12. The number of ketones is 1. The number of aryl methyl sites for hydroxylation is 1. The second-order valence-corrected chi connectivity index (χ2v) is 22.6. The van der Waals surface area contributed by atoms with E-state index < -0.39 is 32.3 Å². The lowest BCUT2D eigenvalue weighted by Crippen LogP contribution is -2.55. The number of aromatic nitrogens is 2. The number of piperidine rings is 1. The maximum absolute atomic E-state index is 14.3. The van der Waals surface area contributed by atoms with Gasteiger partial charge in [0.25, 0.3) is 0 Å². The van der Waals surface area contributed by atoms with Crippen molar-refractivity contribution in [2.45, 2.75) is 130 Å². The Morgan fingerprint density at radius 2 is 1.70 bits per heavy atom. The second-order valence-electron chi connectivity index (χ2n) is 17.8. The number of anilines is 2. The minimum atomic E-state index is -2.20. The van der Waals surface area contributed by atoms with Crippen molar-refractivity contribution in [1.29, 1.82) is 0 Å². The van der Waals surface area contributed by atoms with E-state index in [0.29, 0.717) is 37.1 Å². The van der Waals surface area contributed by atoms with Gasteiger partial charge in [0, 0.05) is 55.3 Å². The molecule has 1 amide bonds. The molecule has 1 aliphatic heterocycles. The highest BCUT2D eigenvalue weighted by atomic mass is 28.4. The van der Waals surface area contributed by atoms with E-state index in [1.165, 1.54) is 0 Å². The lowest BCUT2D eigenvalue weighted by Gasteiger charge is -2.48. The molecule has 4 rings (SSSR count).